The third-order valence-electron chi connectivity index (χ3n) is 5.23. The molecule has 2 aromatic carbocycles. The zero-order valence-electron chi connectivity index (χ0n) is 15.3. The van der Waals surface area contributed by atoms with Crippen molar-refractivity contribution in [2.75, 3.05) is 6.54 Å². The number of fused-ring (bicyclic) bond motifs is 2. The van der Waals surface area contributed by atoms with Gasteiger partial charge in [0.2, 0.25) is 10.0 Å². The van der Waals surface area contributed by atoms with Gasteiger partial charge in [-0.2, -0.15) is 4.31 Å². The van der Waals surface area contributed by atoms with Crippen molar-refractivity contribution in [1.82, 2.24) is 14.3 Å². The lowest BCUT2D eigenvalue weighted by Gasteiger charge is -2.31. The van der Waals surface area contributed by atoms with E-state index in [9.17, 15) is 13.2 Å². The van der Waals surface area contributed by atoms with Crippen LogP contribution >= 0.6 is 0 Å². The highest BCUT2D eigenvalue weighted by Crippen LogP contribution is 2.34. The number of imidazole rings is 1. The van der Waals surface area contributed by atoms with Crippen LogP contribution in [0.15, 0.2) is 81.1 Å². The molecule has 0 saturated carbocycles. The molecule has 2 aromatic heterocycles. The third-order valence-corrected chi connectivity index (χ3v) is 7.04. The zero-order valence-corrected chi connectivity index (χ0v) is 16.1. The van der Waals surface area contributed by atoms with Crippen molar-refractivity contribution in [2.45, 2.75) is 17.4 Å². The molecule has 1 N–H and O–H groups in total. The van der Waals surface area contributed by atoms with Crippen LogP contribution in [0.2, 0.25) is 0 Å². The number of hydrogen-bond acceptors (Lipinski definition) is 5. The maximum absolute atomic E-state index is 13.4. The number of benzene rings is 2. The SMILES string of the molecule is O=c1ccc2cc(S(=O)(=O)N3Cc4[nH]cnc4C(c4ccccc4)C3)ccc2o1. The molecule has 7 nitrogen and oxygen atoms in total. The summed E-state index contributed by atoms with van der Waals surface area (Å²) in [6, 6.07) is 17.1. The lowest BCUT2D eigenvalue weighted by atomic mass is 9.92. The molecule has 0 bridgehead atoms. The van der Waals surface area contributed by atoms with Crippen LogP contribution in [0.5, 0.6) is 0 Å². The Kier molecular flexibility index (Phi) is 4.11. The van der Waals surface area contributed by atoms with Gasteiger partial charge in [0.05, 0.1) is 29.2 Å². The number of aromatic nitrogens is 2. The number of nitrogens with one attached hydrogen (secondary N) is 1. The van der Waals surface area contributed by atoms with E-state index in [1.807, 2.05) is 30.3 Å². The molecular weight excluding hydrogens is 390 g/mol. The van der Waals surface area contributed by atoms with Crippen LogP contribution < -0.4 is 5.63 Å². The molecule has 0 spiro atoms. The van der Waals surface area contributed by atoms with Crippen molar-refractivity contribution >= 4 is 21.0 Å². The fraction of sp³-hybridized carbons (Fsp3) is 0.143. The van der Waals surface area contributed by atoms with Gasteiger partial charge >= 0.3 is 5.63 Å². The van der Waals surface area contributed by atoms with Crippen molar-refractivity contribution in [3.63, 3.8) is 0 Å². The summed E-state index contributed by atoms with van der Waals surface area (Å²) >= 11 is 0. The Morgan fingerprint density at radius 1 is 1.07 bits per heavy atom. The third kappa shape index (κ3) is 3.06. The molecule has 1 unspecified atom stereocenters. The number of hydrogen-bond donors (Lipinski definition) is 1. The van der Waals surface area contributed by atoms with Crippen LogP contribution in [0, 0.1) is 0 Å². The predicted octanol–water partition coefficient (Wildman–Crippen LogP) is 2.85. The number of sulfonamides is 1. The van der Waals surface area contributed by atoms with Crippen LogP contribution in [-0.4, -0.2) is 29.2 Å². The average molecular weight is 407 g/mol. The smallest absolute Gasteiger partial charge is 0.336 e. The fourth-order valence-electron chi connectivity index (χ4n) is 3.78. The molecule has 3 heterocycles. The first-order valence-corrected chi connectivity index (χ1v) is 10.6. The normalized spacial score (nSPS) is 17.3. The molecule has 1 atom stereocenters. The minimum absolute atomic E-state index is 0.153. The number of nitrogens with zero attached hydrogens (tertiary/aromatic N) is 2. The number of rotatable bonds is 3. The lowest BCUT2D eigenvalue weighted by molar-refractivity contribution is 0.365. The molecule has 29 heavy (non-hydrogen) atoms. The van der Waals surface area contributed by atoms with E-state index < -0.39 is 15.6 Å². The van der Waals surface area contributed by atoms with Gasteiger partial charge in [-0.25, -0.2) is 18.2 Å². The largest absolute Gasteiger partial charge is 0.423 e. The molecule has 8 heteroatoms. The van der Waals surface area contributed by atoms with E-state index >= 15 is 0 Å². The highest BCUT2D eigenvalue weighted by Gasteiger charge is 2.35. The van der Waals surface area contributed by atoms with Gasteiger partial charge in [-0.15, -0.1) is 0 Å². The van der Waals surface area contributed by atoms with Gasteiger partial charge in [-0.05, 0) is 29.8 Å². The summed E-state index contributed by atoms with van der Waals surface area (Å²) < 4.78 is 33.4. The van der Waals surface area contributed by atoms with Gasteiger partial charge in [0.1, 0.15) is 5.58 Å². The van der Waals surface area contributed by atoms with E-state index in [2.05, 4.69) is 9.97 Å². The maximum Gasteiger partial charge on any atom is 0.336 e. The first-order chi connectivity index (χ1) is 14.0. The fourth-order valence-corrected chi connectivity index (χ4v) is 5.24. The summed E-state index contributed by atoms with van der Waals surface area (Å²) in [5, 5.41) is 0.560. The van der Waals surface area contributed by atoms with E-state index in [0.29, 0.717) is 17.5 Å². The molecule has 4 aromatic rings. The van der Waals surface area contributed by atoms with Crippen LogP contribution in [0.25, 0.3) is 11.0 Å². The summed E-state index contributed by atoms with van der Waals surface area (Å²) in [5.74, 6) is -0.153. The zero-order chi connectivity index (χ0) is 20.0. The predicted molar refractivity (Wildman–Crippen MR) is 107 cm³/mol. The summed E-state index contributed by atoms with van der Waals surface area (Å²) in [4.78, 5) is 19.0. The highest BCUT2D eigenvalue weighted by atomic mass is 32.2. The molecule has 0 amide bonds. The quantitative estimate of drug-likeness (QED) is 0.527. The van der Waals surface area contributed by atoms with Gasteiger partial charge in [0, 0.05) is 23.9 Å². The highest BCUT2D eigenvalue weighted by molar-refractivity contribution is 7.89. The van der Waals surface area contributed by atoms with Gasteiger partial charge in [-0.3, -0.25) is 0 Å². The van der Waals surface area contributed by atoms with E-state index in [1.165, 1.54) is 28.6 Å². The lowest BCUT2D eigenvalue weighted by Crippen LogP contribution is -2.38. The molecule has 0 fully saturated rings. The van der Waals surface area contributed by atoms with Crippen molar-refractivity contribution < 1.29 is 12.8 Å². The summed E-state index contributed by atoms with van der Waals surface area (Å²) in [5.41, 5.74) is 2.57. The molecule has 0 aliphatic carbocycles. The Balaban J connectivity index is 1.56. The second-order valence-electron chi connectivity index (χ2n) is 6.98. The molecule has 5 rings (SSSR count). The Bertz CT molecular complexity index is 1360. The Morgan fingerprint density at radius 2 is 1.90 bits per heavy atom. The standard InChI is InChI=1S/C21H17N3O4S/c25-20-9-6-15-10-16(7-8-19(15)28-20)29(26,27)24-11-17(14-4-2-1-3-5-14)21-18(12-24)22-13-23-21/h1-10,13,17H,11-12H2,(H,22,23). The topological polar surface area (TPSA) is 96.3 Å². The minimum Gasteiger partial charge on any atom is -0.423 e. The first kappa shape index (κ1) is 17.8. The van der Waals surface area contributed by atoms with Gasteiger partial charge < -0.3 is 9.40 Å². The van der Waals surface area contributed by atoms with Crippen LogP contribution in [0.1, 0.15) is 22.9 Å². The average Bonchev–Trinajstić information content (AvgIpc) is 3.22. The van der Waals surface area contributed by atoms with E-state index in [4.69, 9.17) is 4.42 Å². The Morgan fingerprint density at radius 3 is 2.72 bits per heavy atom. The monoisotopic (exact) mass is 407 g/mol. The molecule has 0 saturated heterocycles. The maximum atomic E-state index is 13.4. The van der Waals surface area contributed by atoms with E-state index in [1.54, 1.807) is 12.4 Å². The Labute approximate surface area is 166 Å². The van der Waals surface area contributed by atoms with Crippen LogP contribution in [0.4, 0.5) is 0 Å². The van der Waals surface area contributed by atoms with Crippen LogP contribution in [0.3, 0.4) is 0 Å². The second-order valence-corrected chi connectivity index (χ2v) is 8.92. The van der Waals surface area contributed by atoms with E-state index in [-0.39, 0.29) is 17.4 Å². The summed E-state index contributed by atoms with van der Waals surface area (Å²) in [6.45, 7) is 0.523. The van der Waals surface area contributed by atoms with Crippen molar-refractivity contribution in [2.24, 2.45) is 0 Å². The van der Waals surface area contributed by atoms with Crippen molar-refractivity contribution in [3.8, 4) is 0 Å². The first-order valence-electron chi connectivity index (χ1n) is 9.13. The molecule has 0 radical (unpaired) electrons. The summed E-state index contributed by atoms with van der Waals surface area (Å²) in [7, 11) is -3.76. The van der Waals surface area contributed by atoms with E-state index in [0.717, 1.165) is 17.0 Å². The minimum atomic E-state index is -3.76. The second kappa shape index (κ2) is 6.68. The molecule has 1 aliphatic rings. The number of H-pyrrole nitrogens is 1. The van der Waals surface area contributed by atoms with Gasteiger partial charge in [0.25, 0.3) is 0 Å². The van der Waals surface area contributed by atoms with Gasteiger partial charge in [0.15, 0.2) is 0 Å². The van der Waals surface area contributed by atoms with Crippen LogP contribution in [-0.2, 0) is 16.6 Å². The molecular formula is C21H17N3O4S. The Hall–Kier alpha value is -3.23. The number of aromatic amines is 1. The van der Waals surface area contributed by atoms with Gasteiger partial charge in [-0.1, -0.05) is 30.3 Å². The van der Waals surface area contributed by atoms with Crippen molar-refractivity contribution in [3.05, 3.63) is 94.4 Å². The molecule has 1 aliphatic heterocycles. The molecule has 146 valence electrons. The summed E-state index contributed by atoms with van der Waals surface area (Å²) in [6.07, 6.45) is 1.61. The van der Waals surface area contributed by atoms with Crippen molar-refractivity contribution in [1.29, 1.82) is 0 Å².